The van der Waals surface area contributed by atoms with Crippen LogP contribution >= 0.6 is 0 Å². The van der Waals surface area contributed by atoms with Gasteiger partial charge in [0.25, 0.3) is 0 Å². The van der Waals surface area contributed by atoms with Crippen molar-refractivity contribution in [1.82, 2.24) is 9.88 Å². The molecule has 0 aliphatic carbocycles. The molecule has 1 aliphatic heterocycles. The fraction of sp³-hybridized carbons (Fsp3) is 0.500. The SMILES string of the molecule is CC1(C)CN(C(=O)[C@@H](N)Cc2c[nH]c3ccccc23)CCC1N. The van der Waals surface area contributed by atoms with Crippen molar-refractivity contribution in [3.8, 4) is 0 Å². The molecule has 0 saturated carbocycles. The molecule has 5 nitrogen and oxygen atoms in total. The first-order valence-corrected chi connectivity index (χ1v) is 8.23. The molecule has 2 atom stereocenters. The smallest absolute Gasteiger partial charge is 0.239 e. The van der Waals surface area contributed by atoms with Crippen molar-refractivity contribution < 1.29 is 4.79 Å². The van der Waals surface area contributed by atoms with Crippen molar-refractivity contribution >= 4 is 16.8 Å². The summed E-state index contributed by atoms with van der Waals surface area (Å²) in [7, 11) is 0. The number of carbonyl (C=O) groups is 1. The summed E-state index contributed by atoms with van der Waals surface area (Å²) in [5.41, 5.74) is 14.5. The number of nitrogens with zero attached hydrogens (tertiary/aromatic N) is 1. The van der Waals surface area contributed by atoms with Crippen molar-refractivity contribution in [3.63, 3.8) is 0 Å². The number of nitrogens with one attached hydrogen (secondary N) is 1. The Bertz CT molecular complexity index is 706. The highest BCUT2D eigenvalue weighted by Crippen LogP contribution is 2.28. The number of amides is 1. The van der Waals surface area contributed by atoms with Crippen molar-refractivity contribution in [2.75, 3.05) is 13.1 Å². The highest BCUT2D eigenvalue weighted by atomic mass is 16.2. The summed E-state index contributed by atoms with van der Waals surface area (Å²) in [6, 6.07) is 7.70. The number of aromatic nitrogens is 1. The van der Waals surface area contributed by atoms with E-state index < -0.39 is 6.04 Å². The summed E-state index contributed by atoms with van der Waals surface area (Å²) in [6.45, 7) is 5.60. The minimum atomic E-state index is -0.515. The number of H-pyrrole nitrogens is 1. The van der Waals surface area contributed by atoms with Crippen LogP contribution in [0.15, 0.2) is 30.5 Å². The Labute approximate surface area is 137 Å². The summed E-state index contributed by atoms with van der Waals surface area (Å²) < 4.78 is 0. The molecule has 1 aliphatic rings. The van der Waals surface area contributed by atoms with E-state index in [0.717, 1.165) is 22.9 Å². The first-order valence-electron chi connectivity index (χ1n) is 8.23. The van der Waals surface area contributed by atoms with Gasteiger partial charge in [0.05, 0.1) is 6.04 Å². The lowest BCUT2D eigenvalue weighted by Gasteiger charge is -2.43. The molecule has 3 rings (SSSR count). The number of likely N-dealkylation sites (tertiary alicyclic amines) is 1. The largest absolute Gasteiger partial charge is 0.361 e. The van der Waals surface area contributed by atoms with Gasteiger partial charge in [0.1, 0.15) is 0 Å². The van der Waals surface area contributed by atoms with Crippen LogP contribution in [0, 0.1) is 5.41 Å². The molecule has 124 valence electrons. The first-order chi connectivity index (χ1) is 10.9. The maximum atomic E-state index is 12.7. The van der Waals surface area contributed by atoms with Gasteiger partial charge in [0.2, 0.25) is 5.91 Å². The zero-order chi connectivity index (χ0) is 16.6. The van der Waals surface area contributed by atoms with Gasteiger partial charge in [-0.1, -0.05) is 32.0 Å². The zero-order valence-electron chi connectivity index (χ0n) is 13.9. The monoisotopic (exact) mass is 314 g/mol. The number of benzene rings is 1. The summed E-state index contributed by atoms with van der Waals surface area (Å²) in [6.07, 6.45) is 3.33. The van der Waals surface area contributed by atoms with Gasteiger partial charge < -0.3 is 21.4 Å². The second-order valence-electron chi connectivity index (χ2n) is 7.31. The number of nitrogens with two attached hydrogens (primary N) is 2. The average molecular weight is 314 g/mol. The van der Waals surface area contributed by atoms with Crippen LogP contribution in [-0.4, -0.2) is 41.0 Å². The fourth-order valence-corrected chi connectivity index (χ4v) is 3.42. The number of hydrogen-bond donors (Lipinski definition) is 3. The fourth-order valence-electron chi connectivity index (χ4n) is 3.42. The molecular weight excluding hydrogens is 288 g/mol. The Morgan fingerprint density at radius 2 is 2.17 bits per heavy atom. The number of rotatable bonds is 3. The Balaban J connectivity index is 1.71. The Hall–Kier alpha value is -1.85. The molecule has 23 heavy (non-hydrogen) atoms. The molecule has 1 amide bonds. The molecule has 1 aromatic heterocycles. The van der Waals surface area contributed by atoms with E-state index in [4.69, 9.17) is 11.5 Å². The predicted molar refractivity (Wildman–Crippen MR) is 92.9 cm³/mol. The van der Waals surface area contributed by atoms with Crippen LogP contribution in [0.2, 0.25) is 0 Å². The Morgan fingerprint density at radius 1 is 1.43 bits per heavy atom. The maximum Gasteiger partial charge on any atom is 0.239 e. The van der Waals surface area contributed by atoms with Gasteiger partial charge in [-0.3, -0.25) is 4.79 Å². The van der Waals surface area contributed by atoms with E-state index in [0.29, 0.717) is 19.5 Å². The third kappa shape index (κ3) is 3.12. The highest BCUT2D eigenvalue weighted by Gasteiger charge is 2.36. The van der Waals surface area contributed by atoms with Gasteiger partial charge in [-0.25, -0.2) is 0 Å². The average Bonchev–Trinajstić information content (AvgIpc) is 2.92. The van der Waals surface area contributed by atoms with Crippen LogP contribution < -0.4 is 11.5 Å². The van der Waals surface area contributed by atoms with Gasteiger partial charge in [-0.05, 0) is 29.9 Å². The van der Waals surface area contributed by atoms with E-state index in [1.807, 2.05) is 29.3 Å². The summed E-state index contributed by atoms with van der Waals surface area (Å²) >= 11 is 0. The van der Waals surface area contributed by atoms with E-state index in [-0.39, 0.29) is 17.4 Å². The molecule has 0 radical (unpaired) electrons. The van der Waals surface area contributed by atoms with Gasteiger partial charge in [-0.2, -0.15) is 0 Å². The Kier molecular flexibility index (Phi) is 4.17. The van der Waals surface area contributed by atoms with Gasteiger partial charge in [-0.15, -0.1) is 0 Å². The van der Waals surface area contributed by atoms with E-state index in [2.05, 4.69) is 24.9 Å². The number of carbonyl (C=O) groups excluding carboxylic acids is 1. The van der Waals surface area contributed by atoms with Gasteiger partial charge in [0, 0.05) is 36.2 Å². The molecule has 1 fully saturated rings. The quantitative estimate of drug-likeness (QED) is 0.804. The number of aromatic amines is 1. The molecule has 2 heterocycles. The van der Waals surface area contributed by atoms with Crippen LogP contribution in [0.4, 0.5) is 0 Å². The second kappa shape index (κ2) is 5.98. The van der Waals surface area contributed by atoms with Crippen molar-refractivity contribution in [1.29, 1.82) is 0 Å². The molecule has 1 aromatic carbocycles. The topological polar surface area (TPSA) is 88.1 Å². The molecule has 0 bridgehead atoms. The second-order valence-corrected chi connectivity index (χ2v) is 7.31. The van der Waals surface area contributed by atoms with Crippen molar-refractivity contribution in [3.05, 3.63) is 36.0 Å². The Morgan fingerprint density at radius 3 is 2.91 bits per heavy atom. The molecule has 5 heteroatoms. The molecule has 1 saturated heterocycles. The van der Waals surface area contributed by atoms with Crippen LogP contribution in [0.1, 0.15) is 25.8 Å². The third-order valence-electron chi connectivity index (χ3n) is 5.06. The highest BCUT2D eigenvalue weighted by molar-refractivity contribution is 5.86. The van der Waals surface area contributed by atoms with Crippen LogP contribution in [0.5, 0.6) is 0 Å². The first kappa shape index (κ1) is 16.0. The van der Waals surface area contributed by atoms with Crippen LogP contribution in [0.3, 0.4) is 0 Å². The molecule has 5 N–H and O–H groups in total. The maximum absolute atomic E-state index is 12.7. The number of fused-ring (bicyclic) bond motifs is 1. The third-order valence-corrected chi connectivity index (χ3v) is 5.06. The molecular formula is C18H26N4O. The lowest BCUT2D eigenvalue weighted by Crippen LogP contribution is -2.57. The van der Waals surface area contributed by atoms with E-state index in [1.54, 1.807) is 0 Å². The standard InChI is InChI=1S/C18H26N4O/c1-18(2)11-22(8-7-16(18)20)17(23)14(19)9-12-10-21-15-6-4-3-5-13(12)15/h3-6,10,14,16,21H,7-9,11,19-20H2,1-2H3/t14-,16?/m0/s1. The van der Waals surface area contributed by atoms with E-state index in [9.17, 15) is 4.79 Å². The number of para-hydroxylation sites is 1. The van der Waals surface area contributed by atoms with Crippen LogP contribution in [0.25, 0.3) is 10.9 Å². The molecule has 0 spiro atoms. The summed E-state index contributed by atoms with van der Waals surface area (Å²) in [4.78, 5) is 17.8. The van der Waals surface area contributed by atoms with E-state index >= 15 is 0 Å². The van der Waals surface area contributed by atoms with E-state index in [1.165, 1.54) is 0 Å². The summed E-state index contributed by atoms with van der Waals surface area (Å²) in [5, 5.41) is 1.14. The van der Waals surface area contributed by atoms with Crippen LogP contribution in [-0.2, 0) is 11.2 Å². The minimum absolute atomic E-state index is 0.0234. The van der Waals surface area contributed by atoms with Crippen molar-refractivity contribution in [2.24, 2.45) is 16.9 Å². The number of piperidine rings is 1. The lowest BCUT2D eigenvalue weighted by molar-refractivity contribution is -0.136. The predicted octanol–water partition coefficient (Wildman–Crippen LogP) is 1.62. The minimum Gasteiger partial charge on any atom is -0.361 e. The number of hydrogen-bond acceptors (Lipinski definition) is 3. The van der Waals surface area contributed by atoms with Gasteiger partial charge >= 0.3 is 0 Å². The lowest BCUT2D eigenvalue weighted by atomic mass is 9.79. The molecule has 1 unspecified atom stereocenters. The summed E-state index contributed by atoms with van der Waals surface area (Å²) in [5.74, 6) is 0.0234. The van der Waals surface area contributed by atoms with Crippen molar-refractivity contribution in [2.45, 2.75) is 38.8 Å². The molecule has 2 aromatic rings. The zero-order valence-corrected chi connectivity index (χ0v) is 13.9. The van der Waals surface area contributed by atoms with Gasteiger partial charge in [0.15, 0.2) is 0 Å². The normalized spacial score (nSPS) is 22.3.